The van der Waals surface area contributed by atoms with Gasteiger partial charge >= 0.3 is 6.09 Å². The lowest BCUT2D eigenvalue weighted by Crippen LogP contribution is -2.47. The Bertz CT molecular complexity index is 321. The highest BCUT2D eigenvalue weighted by Gasteiger charge is 2.31. The minimum atomic E-state index is -0.426. The zero-order valence-corrected chi connectivity index (χ0v) is 14.1. The van der Waals surface area contributed by atoms with Crippen molar-refractivity contribution >= 4 is 6.09 Å². The minimum Gasteiger partial charge on any atom is -0.444 e. The van der Waals surface area contributed by atoms with E-state index in [2.05, 4.69) is 19.2 Å². The van der Waals surface area contributed by atoms with Crippen molar-refractivity contribution in [2.24, 2.45) is 5.41 Å². The van der Waals surface area contributed by atoms with Crippen molar-refractivity contribution in [1.29, 1.82) is 0 Å². The van der Waals surface area contributed by atoms with Gasteiger partial charge in [0.15, 0.2) is 0 Å². The fraction of sp³-hybridized carbons (Fsp3) is 0.938. The lowest BCUT2D eigenvalue weighted by Gasteiger charge is -2.39. The van der Waals surface area contributed by atoms with Crippen LogP contribution in [0.5, 0.6) is 0 Å². The van der Waals surface area contributed by atoms with E-state index in [1.54, 1.807) is 11.9 Å². The SMILES string of the molecule is CN(CCNC1CCCCC1(C)C)C(=O)OC(C)(C)C. The van der Waals surface area contributed by atoms with E-state index in [1.807, 2.05) is 20.8 Å². The summed E-state index contributed by atoms with van der Waals surface area (Å²) in [6.07, 6.45) is 4.92. The van der Waals surface area contributed by atoms with Gasteiger partial charge in [-0.15, -0.1) is 0 Å². The molecule has 1 N–H and O–H groups in total. The first-order valence-electron chi connectivity index (χ1n) is 7.79. The number of nitrogens with zero attached hydrogens (tertiary/aromatic N) is 1. The molecule has 1 aliphatic carbocycles. The van der Waals surface area contributed by atoms with Gasteiger partial charge in [-0.25, -0.2) is 4.79 Å². The predicted octanol–water partition coefficient (Wildman–Crippen LogP) is 3.41. The minimum absolute atomic E-state index is 0.248. The van der Waals surface area contributed by atoms with Crippen LogP contribution in [0.15, 0.2) is 0 Å². The Balaban J connectivity index is 2.31. The largest absolute Gasteiger partial charge is 0.444 e. The lowest BCUT2D eigenvalue weighted by molar-refractivity contribution is 0.0296. The predicted molar refractivity (Wildman–Crippen MR) is 82.9 cm³/mol. The second-order valence-corrected chi connectivity index (χ2v) is 7.64. The van der Waals surface area contributed by atoms with Crippen molar-refractivity contribution in [2.75, 3.05) is 20.1 Å². The Morgan fingerprint density at radius 1 is 1.35 bits per heavy atom. The number of likely N-dealkylation sites (N-methyl/N-ethyl adjacent to an activating group) is 1. The summed E-state index contributed by atoms with van der Waals surface area (Å²) in [7, 11) is 1.79. The maximum Gasteiger partial charge on any atom is 0.410 e. The molecule has 1 rings (SSSR count). The molecule has 1 atom stereocenters. The van der Waals surface area contributed by atoms with Crippen LogP contribution in [0.25, 0.3) is 0 Å². The number of amides is 1. The first-order valence-corrected chi connectivity index (χ1v) is 7.79. The van der Waals surface area contributed by atoms with Crippen molar-refractivity contribution in [3.05, 3.63) is 0 Å². The van der Waals surface area contributed by atoms with Crippen molar-refractivity contribution in [2.45, 2.75) is 71.9 Å². The topological polar surface area (TPSA) is 41.6 Å². The third kappa shape index (κ3) is 5.70. The van der Waals surface area contributed by atoms with Crippen molar-refractivity contribution in [3.8, 4) is 0 Å². The Kier molecular flexibility index (Phi) is 5.87. The highest BCUT2D eigenvalue weighted by Crippen LogP contribution is 2.35. The van der Waals surface area contributed by atoms with Crippen molar-refractivity contribution in [3.63, 3.8) is 0 Å². The van der Waals surface area contributed by atoms with Crippen LogP contribution < -0.4 is 5.32 Å². The molecule has 0 radical (unpaired) electrons. The van der Waals surface area contributed by atoms with E-state index in [1.165, 1.54) is 25.7 Å². The van der Waals surface area contributed by atoms with Crippen LogP contribution >= 0.6 is 0 Å². The molecular formula is C16H32N2O2. The molecule has 1 fully saturated rings. The highest BCUT2D eigenvalue weighted by atomic mass is 16.6. The Hall–Kier alpha value is -0.770. The Morgan fingerprint density at radius 2 is 2.00 bits per heavy atom. The number of ether oxygens (including phenoxy) is 1. The van der Waals surface area contributed by atoms with Crippen LogP contribution in [-0.4, -0.2) is 42.8 Å². The van der Waals surface area contributed by atoms with E-state index in [9.17, 15) is 4.79 Å². The quantitative estimate of drug-likeness (QED) is 0.860. The molecule has 0 aromatic carbocycles. The molecule has 0 saturated heterocycles. The van der Waals surface area contributed by atoms with E-state index >= 15 is 0 Å². The van der Waals surface area contributed by atoms with Crippen LogP contribution in [0, 0.1) is 5.41 Å². The van der Waals surface area contributed by atoms with Gasteiger partial charge < -0.3 is 15.0 Å². The zero-order valence-electron chi connectivity index (χ0n) is 14.1. The molecule has 0 aliphatic heterocycles. The van der Waals surface area contributed by atoms with E-state index in [4.69, 9.17) is 4.74 Å². The molecule has 4 nitrogen and oxygen atoms in total. The van der Waals surface area contributed by atoms with Gasteiger partial charge in [0.2, 0.25) is 0 Å². The van der Waals surface area contributed by atoms with E-state index in [0.717, 1.165) is 6.54 Å². The van der Waals surface area contributed by atoms with Gasteiger partial charge in [-0.3, -0.25) is 0 Å². The number of nitrogens with one attached hydrogen (secondary N) is 1. The molecule has 1 unspecified atom stereocenters. The smallest absolute Gasteiger partial charge is 0.410 e. The number of hydrogen-bond donors (Lipinski definition) is 1. The van der Waals surface area contributed by atoms with Crippen molar-refractivity contribution in [1.82, 2.24) is 10.2 Å². The fourth-order valence-corrected chi connectivity index (χ4v) is 2.71. The molecule has 0 spiro atoms. The maximum atomic E-state index is 11.8. The first-order chi connectivity index (χ1) is 9.12. The Morgan fingerprint density at radius 3 is 2.55 bits per heavy atom. The molecule has 0 aromatic rings. The molecule has 118 valence electrons. The number of hydrogen-bond acceptors (Lipinski definition) is 3. The van der Waals surface area contributed by atoms with E-state index in [-0.39, 0.29) is 6.09 Å². The van der Waals surface area contributed by atoms with Gasteiger partial charge in [0, 0.05) is 26.2 Å². The molecule has 0 heterocycles. The van der Waals surface area contributed by atoms with E-state index < -0.39 is 5.60 Å². The summed E-state index contributed by atoms with van der Waals surface area (Å²) < 4.78 is 5.34. The summed E-state index contributed by atoms with van der Waals surface area (Å²) in [4.78, 5) is 13.5. The first kappa shape index (κ1) is 17.3. The van der Waals surface area contributed by atoms with Gasteiger partial charge in [-0.1, -0.05) is 26.7 Å². The standard InChI is InChI=1S/C16H32N2O2/c1-15(2,3)20-14(19)18(6)12-11-17-13-9-7-8-10-16(13,4)5/h13,17H,7-12H2,1-6H3. The maximum absolute atomic E-state index is 11.8. The second-order valence-electron chi connectivity index (χ2n) is 7.64. The van der Waals surface area contributed by atoms with Crippen LogP contribution in [0.2, 0.25) is 0 Å². The lowest BCUT2D eigenvalue weighted by atomic mass is 9.73. The second kappa shape index (κ2) is 6.79. The van der Waals surface area contributed by atoms with Crippen molar-refractivity contribution < 1.29 is 9.53 Å². The molecule has 20 heavy (non-hydrogen) atoms. The molecular weight excluding hydrogens is 252 g/mol. The highest BCUT2D eigenvalue weighted by molar-refractivity contribution is 5.67. The molecule has 1 saturated carbocycles. The van der Waals surface area contributed by atoms with Crippen LogP contribution in [0.4, 0.5) is 4.79 Å². The average molecular weight is 284 g/mol. The summed E-state index contributed by atoms with van der Waals surface area (Å²) in [6.45, 7) is 11.8. The summed E-state index contributed by atoms with van der Waals surface area (Å²) in [5.74, 6) is 0. The fourth-order valence-electron chi connectivity index (χ4n) is 2.71. The summed E-state index contributed by atoms with van der Waals surface area (Å²) in [5.41, 5.74) is -0.0626. The zero-order chi connectivity index (χ0) is 15.4. The van der Waals surface area contributed by atoms with E-state index in [0.29, 0.717) is 18.0 Å². The molecule has 1 amide bonds. The Labute approximate surface area is 124 Å². The van der Waals surface area contributed by atoms with Gasteiger partial charge in [0.25, 0.3) is 0 Å². The third-order valence-corrected chi connectivity index (χ3v) is 4.05. The average Bonchev–Trinajstić information content (AvgIpc) is 2.28. The molecule has 0 aromatic heterocycles. The van der Waals surface area contributed by atoms with Crippen LogP contribution in [0.1, 0.15) is 60.3 Å². The third-order valence-electron chi connectivity index (χ3n) is 4.05. The molecule has 4 heteroatoms. The van der Waals surface area contributed by atoms with Crippen LogP contribution in [-0.2, 0) is 4.74 Å². The monoisotopic (exact) mass is 284 g/mol. The normalized spacial score (nSPS) is 22.4. The summed E-state index contributed by atoms with van der Waals surface area (Å²) >= 11 is 0. The summed E-state index contributed by atoms with van der Waals surface area (Å²) in [6, 6.07) is 0.559. The summed E-state index contributed by atoms with van der Waals surface area (Å²) in [5, 5.41) is 3.61. The van der Waals surface area contributed by atoms with Gasteiger partial charge in [0.05, 0.1) is 0 Å². The van der Waals surface area contributed by atoms with Gasteiger partial charge in [-0.2, -0.15) is 0 Å². The molecule has 1 aliphatic rings. The number of carbonyl (C=O) groups excluding carboxylic acids is 1. The van der Waals surface area contributed by atoms with Gasteiger partial charge in [0.1, 0.15) is 5.60 Å². The van der Waals surface area contributed by atoms with Crippen LogP contribution in [0.3, 0.4) is 0 Å². The number of rotatable bonds is 4. The number of carbonyl (C=O) groups is 1. The van der Waals surface area contributed by atoms with Gasteiger partial charge in [-0.05, 0) is 39.0 Å². The molecule has 0 bridgehead atoms.